The molecule has 0 aliphatic carbocycles. The number of hydrogen-bond donors (Lipinski definition) is 1. The van der Waals surface area contributed by atoms with Gasteiger partial charge in [-0.2, -0.15) is 0 Å². The van der Waals surface area contributed by atoms with Gasteiger partial charge in [-0.05, 0) is 39.8 Å². The minimum absolute atomic E-state index is 0.207. The Bertz CT molecular complexity index is 566. The number of benzene rings is 1. The largest absolute Gasteiger partial charge is 0.497 e. The lowest BCUT2D eigenvalue weighted by Gasteiger charge is -2.29. The van der Waals surface area contributed by atoms with E-state index in [1.807, 2.05) is 13.8 Å². The second-order valence-electron chi connectivity index (χ2n) is 5.62. The van der Waals surface area contributed by atoms with Crippen molar-refractivity contribution in [2.75, 3.05) is 32.6 Å². The maximum Gasteiger partial charge on any atom is 0.239 e. The van der Waals surface area contributed by atoms with Gasteiger partial charge in [-0.1, -0.05) is 0 Å². The third-order valence-electron chi connectivity index (χ3n) is 3.81. The Morgan fingerprint density at radius 3 is 2.22 bits per heavy atom. The number of ether oxygens (including phenoxy) is 2. The van der Waals surface area contributed by atoms with Crippen molar-refractivity contribution in [3.05, 3.63) is 18.2 Å². The van der Waals surface area contributed by atoms with Crippen LogP contribution >= 0.6 is 0 Å². The first-order chi connectivity index (χ1) is 10.8. The summed E-state index contributed by atoms with van der Waals surface area (Å²) in [4.78, 5) is 26.8. The lowest BCUT2D eigenvalue weighted by molar-refractivity contribution is -0.146. The van der Waals surface area contributed by atoms with Gasteiger partial charge < -0.3 is 19.7 Å². The van der Waals surface area contributed by atoms with Gasteiger partial charge >= 0.3 is 0 Å². The topological polar surface area (TPSA) is 67.9 Å². The minimum Gasteiger partial charge on any atom is -0.497 e. The summed E-state index contributed by atoms with van der Waals surface area (Å²) in [6, 6.07) is 5.10. The van der Waals surface area contributed by atoms with Crippen molar-refractivity contribution in [2.24, 2.45) is 5.41 Å². The van der Waals surface area contributed by atoms with E-state index >= 15 is 0 Å². The van der Waals surface area contributed by atoms with Crippen LogP contribution in [-0.2, 0) is 9.59 Å². The fourth-order valence-corrected chi connectivity index (χ4v) is 2.19. The maximum absolute atomic E-state index is 12.6. The summed E-state index contributed by atoms with van der Waals surface area (Å²) >= 11 is 0. The molecule has 0 unspecified atom stereocenters. The summed E-state index contributed by atoms with van der Waals surface area (Å²) in [7, 11) is 3.06. The molecule has 1 aromatic carbocycles. The molecule has 0 aliphatic rings. The van der Waals surface area contributed by atoms with E-state index in [1.54, 1.807) is 44.1 Å². The van der Waals surface area contributed by atoms with Crippen LogP contribution in [0.15, 0.2) is 18.2 Å². The summed E-state index contributed by atoms with van der Waals surface area (Å²) < 4.78 is 10.4. The predicted molar refractivity (Wildman–Crippen MR) is 89.9 cm³/mol. The smallest absolute Gasteiger partial charge is 0.239 e. The molecule has 0 bridgehead atoms. The van der Waals surface area contributed by atoms with Gasteiger partial charge in [0.2, 0.25) is 11.8 Å². The highest BCUT2D eigenvalue weighted by Gasteiger charge is 2.38. The molecule has 6 nitrogen and oxygen atoms in total. The number of anilines is 1. The van der Waals surface area contributed by atoms with E-state index in [0.29, 0.717) is 30.3 Å². The maximum atomic E-state index is 12.6. The van der Waals surface area contributed by atoms with Crippen LogP contribution in [0, 0.1) is 5.41 Å². The van der Waals surface area contributed by atoms with Crippen LogP contribution in [-0.4, -0.2) is 44.0 Å². The van der Waals surface area contributed by atoms with Gasteiger partial charge in [-0.15, -0.1) is 0 Å². The van der Waals surface area contributed by atoms with E-state index < -0.39 is 5.41 Å². The van der Waals surface area contributed by atoms with E-state index in [-0.39, 0.29) is 11.8 Å². The predicted octanol–water partition coefficient (Wildman–Crippen LogP) is 2.54. The Hall–Kier alpha value is -2.24. The average molecular weight is 322 g/mol. The molecule has 2 amide bonds. The SMILES string of the molecule is CCN(CC)C(=O)C(C)(C)C(=O)Nc1cc(OC)ccc1OC. The molecule has 1 rings (SSSR count). The summed E-state index contributed by atoms with van der Waals surface area (Å²) in [5.41, 5.74) is -0.711. The zero-order valence-electron chi connectivity index (χ0n) is 14.7. The van der Waals surface area contributed by atoms with Gasteiger partial charge in [0, 0.05) is 19.2 Å². The first-order valence-corrected chi connectivity index (χ1v) is 7.64. The molecule has 6 heteroatoms. The van der Waals surface area contributed by atoms with E-state index in [9.17, 15) is 9.59 Å². The van der Waals surface area contributed by atoms with E-state index in [0.717, 1.165) is 0 Å². The van der Waals surface area contributed by atoms with Crippen molar-refractivity contribution in [2.45, 2.75) is 27.7 Å². The Kier molecular flexibility index (Phi) is 6.42. The fraction of sp³-hybridized carbons (Fsp3) is 0.529. The van der Waals surface area contributed by atoms with Crippen molar-refractivity contribution < 1.29 is 19.1 Å². The molecule has 0 spiro atoms. The molecule has 0 aromatic heterocycles. The highest BCUT2D eigenvalue weighted by Crippen LogP contribution is 2.31. The highest BCUT2D eigenvalue weighted by molar-refractivity contribution is 6.10. The molecule has 1 aromatic rings. The summed E-state index contributed by atoms with van der Waals surface area (Å²) in [6.07, 6.45) is 0. The zero-order chi connectivity index (χ0) is 17.6. The number of rotatable bonds is 7. The number of carbonyl (C=O) groups is 2. The van der Waals surface area contributed by atoms with Crippen LogP contribution in [0.5, 0.6) is 11.5 Å². The molecule has 0 aliphatic heterocycles. The van der Waals surface area contributed by atoms with E-state index in [1.165, 1.54) is 7.11 Å². The van der Waals surface area contributed by atoms with E-state index in [2.05, 4.69) is 5.32 Å². The van der Waals surface area contributed by atoms with Crippen molar-refractivity contribution in [3.63, 3.8) is 0 Å². The quantitative estimate of drug-likeness (QED) is 0.783. The van der Waals surface area contributed by atoms with Crippen LogP contribution in [0.25, 0.3) is 0 Å². The van der Waals surface area contributed by atoms with Gasteiger partial charge in [-0.25, -0.2) is 0 Å². The monoisotopic (exact) mass is 322 g/mol. The molecule has 0 heterocycles. The number of carbonyl (C=O) groups excluding carboxylic acids is 2. The molecular weight excluding hydrogens is 296 g/mol. The van der Waals surface area contributed by atoms with Crippen LogP contribution in [0.2, 0.25) is 0 Å². The van der Waals surface area contributed by atoms with Crippen LogP contribution in [0.4, 0.5) is 5.69 Å². The van der Waals surface area contributed by atoms with Gasteiger partial charge in [0.1, 0.15) is 16.9 Å². The molecule has 0 saturated carbocycles. The van der Waals surface area contributed by atoms with Gasteiger partial charge in [0.25, 0.3) is 0 Å². The first kappa shape index (κ1) is 18.8. The van der Waals surface area contributed by atoms with Crippen molar-refractivity contribution in [1.82, 2.24) is 4.90 Å². The standard InChI is InChI=1S/C17H26N2O4/c1-7-19(8-2)16(21)17(3,4)15(20)18-13-11-12(22-5)9-10-14(13)23-6/h9-11H,7-8H2,1-6H3,(H,18,20). The minimum atomic E-state index is -1.18. The van der Waals surface area contributed by atoms with Gasteiger partial charge in [-0.3, -0.25) is 9.59 Å². The second kappa shape index (κ2) is 7.85. The zero-order valence-corrected chi connectivity index (χ0v) is 14.7. The van der Waals surface area contributed by atoms with Crippen molar-refractivity contribution in [1.29, 1.82) is 0 Å². The summed E-state index contributed by atoms with van der Waals surface area (Å²) in [6.45, 7) is 8.15. The second-order valence-corrected chi connectivity index (χ2v) is 5.62. The number of nitrogens with one attached hydrogen (secondary N) is 1. The Labute approximate surface area is 137 Å². The summed E-state index contributed by atoms with van der Waals surface area (Å²) in [5.74, 6) is 0.502. The van der Waals surface area contributed by atoms with Crippen molar-refractivity contribution in [3.8, 4) is 11.5 Å². The van der Waals surface area contributed by atoms with Crippen molar-refractivity contribution >= 4 is 17.5 Å². The summed E-state index contributed by atoms with van der Waals surface area (Å²) in [5, 5.41) is 2.77. The Morgan fingerprint density at radius 2 is 1.74 bits per heavy atom. The number of methoxy groups -OCH3 is 2. The number of hydrogen-bond acceptors (Lipinski definition) is 4. The molecule has 0 fully saturated rings. The fourth-order valence-electron chi connectivity index (χ4n) is 2.19. The van der Waals surface area contributed by atoms with Crippen LogP contribution < -0.4 is 14.8 Å². The molecule has 23 heavy (non-hydrogen) atoms. The normalized spacial score (nSPS) is 10.9. The average Bonchev–Trinajstić information content (AvgIpc) is 2.55. The Morgan fingerprint density at radius 1 is 1.13 bits per heavy atom. The molecular formula is C17H26N2O4. The molecule has 0 saturated heterocycles. The highest BCUT2D eigenvalue weighted by atomic mass is 16.5. The third-order valence-corrected chi connectivity index (χ3v) is 3.81. The van der Waals surface area contributed by atoms with Gasteiger partial charge in [0.15, 0.2) is 0 Å². The lowest BCUT2D eigenvalue weighted by atomic mass is 9.90. The molecule has 1 N–H and O–H groups in total. The third kappa shape index (κ3) is 4.15. The van der Waals surface area contributed by atoms with Gasteiger partial charge in [0.05, 0.1) is 19.9 Å². The number of amides is 2. The lowest BCUT2D eigenvalue weighted by Crippen LogP contribution is -2.47. The van der Waals surface area contributed by atoms with Crippen LogP contribution in [0.1, 0.15) is 27.7 Å². The van der Waals surface area contributed by atoms with E-state index in [4.69, 9.17) is 9.47 Å². The van der Waals surface area contributed by atoms with Crippen LogP contribution in [0.3, 0.4) is 0 Å². The molecule has 128 valence electrons. The first-order valence-electron chi connectivity index (χ1n) is 7.64. The molecule has 0 atom stereocenters. The number of nitrogens with zero attached hydrogens (tertiary/aromatic N) is 1. The Balaban J connectivity index is 3.04. The molecule has 0 radical (unpaired) electrons.